The standard InChI is InChI=1S/C9H9F3N2O2/c1-14(7-2-4-13-5-3-7)8(15)16-6-9(10,11)12/h2-5H,6H2,1H3. The third kappa shape index (κ3) is 3.76. The molecule has 0 unspecified atom stereocenters. The van der Waals surface area contributed by atoms with E-state index in [0.29, 0.717) is 5.69 Å². The van der Waals surface area contributed by atoms with Gasteiger partial charge >= 0.3 is 12.3 Å². The second kappa shape index (κ2) is 4.82. The topological polar surface area (TPSA) is 42.4 Å². The molecule has 0 bridgehead atoms. The van der Waals surface area contributed by atoms with Crippen molar-refractivity contribution in [3.8, 4) is 0 Å². The summed E-state index contributed by atoms with van der Waals surface area (Å²) >= 11 is 0. The van der Waals surface area contributed by atoms with Crippen molar-refractivity contribution in [1.29, 1.82) is 0 Å². The monoisotopic (exact) mass is 234 g/mol. The van der Waals surface area contributed by atoms with Crippen molar-refractivity contribution in [2.24, 2.45) is 0 Å². The molecule has 0 aromatic carbocycles. The molecule has 0 radical (unpaired) electrons. The number of ether oxygens (including phenoxy) is 1. The van der Waals surface area contributed by atoms with Crippen LogP contribution in [0.25, 0.3) is 0 Å². The molecule has 0 saturated carbocycles. The first kappa shape index (κ1) is 12.3. The number of carbonyl (C=O) groups is 1. The van der Waals surface area contributed by atoms with Crippen LogP contribution in [0.15, 0.2) is 24.5 Å². The van der Waals surface area contributed by atoms with Crippen LogP contribution in [0.4, 0.5) is 23.7 Å². The number of aromatic nitrogens is 1. The summed E-state index contributed by atoms with van der Waals surface area (Å²) in [6.07, 6.45) is -2.75. The highest BCUT2D eigenvalue weighted by molar-refractivity contribution is 5.86. The average molecular weight is 234 g/mol. The van der Waals surface area contributed by atoms with Gasteiger partial charge in [-0.15, -0.1) is 0 Å². The van der Waals surface area contributed by atoms with E-state index in [0.717, 1.165) is 4.90 Å². The number of hydrogen-bond acceptors (Lipinski definition) is 3. The Labute approximate surface area is 89.6 Å². The highest BCUT2D eigenvalue weighted by Gasteiger charge is 2.30. The molecule has 0 aliphatic rings. The lowest BCUT2D eigenvalue weighted by atomic mass is 10.4. The van der Waals surface area contributed by atoms with E-state index >= 15 is 0 Å². The SMILES string of the molecule is CN(C(=O)OCC(F)(F)F)c1ccncc1. The van der Waals surface area contributed by atoms with Crippen LogP contribution in [-0.2, 0) is 4.74 Å². The molecule has 4 nitrogen and oxygen atoms in total. The van der Waals surface area contributed by atoms with Crippen LogP contribution in [0, 0.1) is 0 Å². The van der Waals surface area contributed by atoms with Crippen LogP contribution < -0.4 is 4.90 Å². The molecule has 88 valence electrons. The van der Waals surface area contributed by atoms with E-state index < -0.39 is 18.9 Å². The van der Waals surface area contributed by atoms with Gasteiger partial charge in [0.05, 0.1) is 0 Å². The van der Waals surface area contributed by atoms with E-state index in [-0.39, 0.29) is 0 Å². The van der Waals surface area contributed by atoms with Crippen LogP contribution in [0.1, 0.15) is 0 Å². The van der Waals surface area contributed by atoms with Gasteiger partial charge in [0.2, 0.25) is 0 Å². The summed E-state index contributed by atoms with van der Waals surface area (Å²) in [5.41, 5.74) is 0.405. The van der Waals surface area contributed by atoms with Gasteiger partial charge in [-0.25, -0.2) is 4.79 Å². The molecule has 0 fully saturated rings. The van der Waals surface area contributed by atoms with Crippen molar-refractivity contribution in [2.45, 2.75) is 6.18 Å². The maximum atomic E-state index is 11.8. The predicted molar refractivity (Wildman–Crippen MR) is 50.0 cm³/mol. The first-order valence-corrected chi connectivity index (χ1v) is 4.27. The number of anilines is 1. The van der Waals surface area contributed by atoms with E-state index in [1.165, 1.54) is 31.6 Å². The van der Waals surface area contributed by atoms with Crippen molar-refractivity contribution < 1.29 is 22.7 Å². The first-order valence-electron chi connectivity index (χ1n) is 4.27. The fraction of sp³-hybridized carbons (Fsp3) is 0.333. The summed E-state index contributed by atoms with van der Waals surface area (Å²) < 4.78 is 39.4. The highest BCUT2D eigenvalue weighted by atomic mass is 19.4. The summed E-state index contributed by atoms with van der Waals surface area (Å²) in [6.45, 7) is -1.60. The van der Waals surface area contributed by atoms with E-state index in [4.69, 9.17) is 0 Å². The highest BCUT2D eigenvalue weighted by Crippen LogP contribution is 2.16. The number of alkyl halides is 3. The number of hydrogen-bond donors (Lipinski definition) is 0. The molecule has 0 N–H and O–H groups in total. The van der Waals surface area contributed by atoms with E-state index in [1.807, 2.05) is 0 Å². The van der Waals surface area contributed by atoms with Crippen molar-refractivity contribution in [1.82, 2.24) is 4.98 Å². The Kier molecular flexibility index (Phi) is 3.70. The minimum Gasteiger partial charge on any atom is -0.440 e. The maximum Gasteiger partial charge on any atom is 0.422 e. The summed E-state index contributed by atoms with van der Waals surface area (Å²) in [6, 6.07) is 2.96. The van der Waals surface area contributed by atoms with Gasteiger partial charge in [0.25, 0.3) is 0 Å². The van der Waals surface area contributed by atoms with Crippen LogP contribution >= 0.6 is 0 Å². The molecular weight excluding hydrogens is 225 g/mol. The smallest absolute Gasteiger partial charge is 0.422 e. The summed E-state index contributed by atoms with van der Waals surface area (Å²) in [4.78, 5) is 15.9. The quantitative estimate of drug-likeness (QED) is 0.787. The minimum absolute atomic E-state index is 0.405. The van der Waals surface area contributed by atoms with Crippen LogP contribution in [0.2, 0.25) is 0 Å². The fourth-order valence-corrected chi connectivity index (χ4v) is 0.913. The zero-order valence-electron chi connectivity index (χ0n) is 8.36. The van der Waals surface area contributed by atoms with E-state index in [2.05, 4.69) is 9.72 Å². The second-order valence-electron chi connectivity index (χ2n) is 2.93. The number of carbonyl (C=O) groups excluding carboxylic acids is 1. The van der Waals surface area contributed by atoms with Gasteiger partial charge in [0, 0.05) is 25.1 Å². The molecule has 0 aliphatic heterocycles. The lowest BCUT2D eigenvalue weighted by Gasteiger charge is -2.17. The summed E-state index contributed by atoms with van der Waals surface area (Å²) in [5, 5.41) is 0. The molecule has 0 spiro atoms. The zero-order valence-corrected chi connectivity index (χ0v) is 8.36. The third-order valence-electron chi connectivity index (χ3n) is 1.68. The van der Waals surface area contributed by atoms with E-state index in [9.17, 15) is 18.0 Å². The Balaban J connectivity index is 2.55. The largest absolute Gasteiger partial charge is 0.440 e. The molecule has 0 atom stereocenters. The molecule has 16 heavy (non-hydrogen) atoms. The van der Waals surface area contributed by atoms with Crippen molar-refractivity contribution >= 4 is 11.8 Å². The normalized spacial score (nSPS) is 11.0. The van der Waals surface area contributed by atoms with Gasteiger partial charge in [-0.1, -0.05) is 0 Å². The zero-order chi connectivity index (χ0) is 12.2. The molecule has 1 aromatic heterocycles. The Hall–Kier alpha value is -1.79. The maximum absolute atomic E-state index is 11.8. The molecule has 1 aromatic rings. The van der Waals surface area contributed by atoms with E-state index in [1.54, 1.807) is 0 Å². The second-order valence-corrected chi connectivity index (χ2v) is 2.93. The van der Waals surface area contributed by atoms with Gasteiger partial charge in [-0.3, -0.25) is 9.88 Å². The number of halogens is 3. The first-order chi connectivity index (χ1) is 7.40. The van der Waals surface area contributed by atoms with Crippen molar-refractivity contribution in [3.05, 3.63) is 24.5 Å². The number of nitrogens with zero attached hydrogens (tertiary/aromatic N) is 2. The number of amides is 1. The molecule has 7 heteroatoms. The molecular formula is C9H9F3N2O2. The van der Waals surface area contributed by atoms with Gasteiger partial charge in [0.15, 0.2) is 6.61 Å². The Bertz CT molecular complexity index is 354. The number of rotatable bonds is 2. The van der Waals surface area contributed by atoms with Gasteiger partial charge < -0.3 is 4.74 Å². The number of pyridine rings is 1. The summed E-state index contributed by atoms with van der Waals surface area (Å²) in [7, 11) is 1.31. The van der Waals surface area contributed by atoms with Gasteiger partial charge in [0.1, 0.15) is 0 Å². The Morgan fingerprint density at radius 2 is 2.00 bits per heavy atom. The molecule has 0 saturated heterocycles. The fourth-order valence-electron chi connectivity index (χ4n) is 0.913. The van der Waals surface area contributed by atoms with Gasteiger partial charge in [-0.05, 0) is 12.1 Å². The van der Waals surface area contributed by atoms with Gasteiger partial charge in [-0.2, -0.15) is 13.2 Å². The van der Waals surface area contributed by atoms with Crippen LogP contribution in [0.3, 0.4) is 0 Å². The molecule has 1 amide bonds. The molecule has 1 heterocycles. The van der Waals surface area contributed by atoms with Crippen molar-refractivity contribution in [2.75, 3.05) is 18.6 Å². The summed E-state index contributed by atoms with van der Waals surface area (Å²) in [5.74, 6) is 0. The average Bonchev–Trinajstić information content (AvgIpc) is 2.25. The van der Waals surface area contributed by atoms with Crippen molar-refractivity contribution in [3.63, 3.8) is 0 Å². The predicted octanol–water partition coefficient (Wildman–Crippen LogP) is 2.22. The lowest BCUT2D eigenvalue weighted by Crippen LogP contribution is -2.30. The van der Waals surface area contributed by atoms with Crippen LogP contribution in [0.5, 0.6) is 0 Å². The molecule has 0 aliphatic carbocycles. The molecule has 1 rings (SSSR count). The Morgan fingerprint density at radius 1 is 1.44 bits per heavy atom. The minimum atomic E-state index is -4.52. The van der Waals surface area contributed by atoms with Crippen LogP contribution in [-0.4, -0.2) is 30.9 Å². The lowest BCUT2D eigenvalue weighted by molar-refractivity contribution is -0.159. The third-order valence-corrected chi connectivity index (χ3v) is 1.68. The Morgan fingerprint density at radius 3 is 2.50 bits per heavy atom.